The molecule has 0 spiro atoms. The molecule has 2 heterocycles. The van der Waals surface area contributed by atoms with Crippen LogP contribution < -0.4 is 16.0 Å². The van der Waals surface area contributed by atoms with Crippen molar-refractivity contribution in [1.29, 1.82) is 0 Å². The third kappa shape index (κ3) is 19.3. The van der Waals surface area contributed by atoms with E-state index in [1.54, 1.807) is 0 Å². The molecule has 0 saturated carbocycles. The number of carboxylic acids is 2. The van der Waals surface area contributed by atoms with E-state index in [2.05, 4.69) is 28.6 Å². The molecule has 19 atom stereocenters. The number of ether oxygens (including phenoxy) is 7. The summed E-state index contributed by atoms with van der Waals surface area (Å²) < 4.78 is 39.7. The SMILES string of the molecule is CO[C@@H](O[C@H](CCO)C(O)C(O)[C@@H](OC)N(C)OCCNC(=O)CCCS)C(O)C(OC1(C(=O)O)CC(O)[C@@H](NC(C)=O)C(C[C@@H](CO)OC2(C(=O)O)CC(O)[C@@H](NC(C)=O)C(C(O)[C@H](O)CO)O2)O1)[C@@H](O)CCO. The van der Waals surface area contributed by atoms with Crippen molar-refractivity contribution < 1.29 is 133 Å². The number of amides is 3. The van der Waals surface area contributed by atoms with Gasteiger partial charge in [-0.3, -0.25) is 19.2 Å². The first kappa shape index (κ1) is 68.0. The number of nitrogens with zero attached hydrogens (tertiary/aromatic N) is 1. The predicted octanol–water partition coefficient (Wildman–Crippen LogP) is -8.05. The Kier molecular flexibility index (Phi) is 29.6. The van der Waals surface area contributed by atoms with Gasteiger partial charge in [0.25, 0.3) is 11.6 Å². The molecule has 0 aliphatic carbocycles. The topological polar surface area (TPSA) is 482 Å². The fourth-order valence-corrected chi connectivity index (χ4v) is 8.61. The van der Waals surface area contributed by atoms with Gasteiger partial charge in [-0.25, -0.2) is 9.59 Å². The lowest BCUT2D eigenvalue weighted by molar-refractivity contribution is -0.347. The van der Waals surface area contributed by atoms with Crippen molar-refractivity contribution in [2.24, 2.45) is 0 Å². The number of carbonyl (C=O) groups is 5. The molecule has 31 nitrogen and oxygen atoms in total. The van der Waals surface area contributed by atoms with Gasteiger partial charge in [0, 0.05) is 80.6 Å². The number of likely N-dealkylation sites (N-methyl/N-ethyl adjacent to an activating group) is 1. The molecule has 75 heavy (non-hydrogen) atoms. The minimum Gasteiger partial charge on any atom is -0.477 e. The smallest absolute Gasteiger partial charge is 0.364 e. The highest BCUT2D eigenvalue weighted by Crippen LogP contribution is 2.39. The summed E-state index contributed by atoms with van der Waals surface area (Å²) in [5.41, 5.74) is 0. The van der Waals surface area contributed by atoms with Gasteiger partial charge in [0.2, 0.25) is 17.7 Å². The average Bonchev–Trinajstić information content (AvgIpc) is 3.35. The van der Waals surface area contributed by atoms with Crippen molar-refractivity contribution in [2.75, 3.05) is 66.6 Å². The van der Waals surface area contributed by atoms with E-state index < -0.39 is 198 Å². The number of carbonyl (C=O) groups excluding carboxylic acids is 3. The highest BCUT2D eigenvalue weighted by atomic mass is 32.1. The van der Waals surface area contributed by atoms with Crippen molar-refractivity contribution >= 4 is 42.3 Å². The molecule has 0 aromatic rings. The lowest BCUT2D eigenvalue weighted by Crippen LogP contribution is -2.69. The Bertz CT molecular complexity index is 1750. The number of rotatable bonds is 36. The van der Waals surface area contributed by atoms with E-state index in [-0.39, 0.29) is 25.5 Å². The van der Waals surface area contributed by atoms with E-state index >= 15 is 0 Å². The second-order valence-electron chi connectivity index (χ2n) is 17.9. The number of aliphatic carboxylic acids is 2. The first-order valence-electron chi connectivity index (χ1n) is 23.8. The third-order valence-electron chi connectivity index (χ3n) is 12.2. The Balaban J connectivity index is 2.56. The van der Waals surface area contributed by atoms with Crippen LogP contribution >= 0.6 is 12.6 Å². The first-order chi connectivity index (χ1) is 35.3. The number of aliphatic hydroxyl groups excluding tert-OH is 12. The highest BCUT2D eigenvalue weighted by molar-refractivity contribution is 7.80. The first-order valence-corrected chi connectivity index (χ1v) is 24.4. The van der Waals surface area contributed by atoms with Crippen molar-refractivity contribution in [3.05, 3.63) is 0 Å². The number of hydrogen-bond acceptors (Lipinski definition) is 27. The zero-order chi connectivity index (χ0) is 57.0. The van der Waals surface area contributed by atoms with E-state index in [4.69, 9.17) is 38.0 Å². The van der Waals surface area contributed by atoms with Crippen LogP contribution in [0.4, 0.5) is 0 Å². The molecule has 2 rings (SSSR count). The molecule has 2 fully saturated rings. The monoisotopic (exact) mass is 1110 g/mol. The van der Waals surface area contributed by atoms with E-state index in [1.165, 1.54) is 7.05 Å². The maximum Gasteiger partial charge on any atom is 0.364 e. The molecule has 0 aromatic carbocycles. The fourth-order valence-electron chi connectivity index (χ4n) is 8.45. The van der Waals surface area contributed by atoms with Crippen LogP contribution in [0.5, 0.6) is 0 Å². The van der Waals surface area contributed by atoms with Crippen LogP contribution in [0.1, 0.15) is 58.8 Å². The number of aliphatic hydroxyl groups is 12. The summed E-state index contributed by atoms with van der Waals surface area (Å²) in [6.07, 6.45) is -33.4. The molecule has 0 bridgehead atoms. The van der Waals surface area contributed by atoms with Gasteiger partial charge in [0.05, 0.1) is 68.5 Å². The van der Waals surface area contributed by atoms with Gasteiger partial charge in [-0.1, -0.05) is 0 Å². The number of methoxy groups -OCH3 is 2. The minimum absolute atomic E-state index is 0.0479. The van der Waals surface area contributed by atoms with Crippen LogP contribution in [0.15, 0.2) is 0 Å². The Hall–Kier alpha value is -3.14. The van der Waals surface area contributed by atoms with E-state index in [1.807, 2.05) is 0 Å². The average molecular weight is 1120 g/mol. The number of thiol groups is 1. The lowest BCUT2D eigenvalue weighted by Gasteiger charge is -2.49. The summed E-state index contributed by atoms with van der Waals surface area (Å²) in [7, 11) is 3.43. The zero-order valence-electron chi connectivity index (χ0n) is 42.2. The summed E-state index contributed by atoms with van der Waals surface area (Å²) >= 11 is 4.06. The summed E-state index contributed by atoms with van der Waals surface area (Å²) in [4.78, 5) is 68.3. The van der Waals surface area contributed by atoms with Crippen LogP contribution in [0.3, 0.4) is 0 Å². The normalized spacial score (nSPS) is 28.6. The molecule has 11 unspecified atom stereocenters. The Morgan fingerprint density at radius 2 is 1.33 bits per heavy atom. The maximum atomic E-state index is 13.4. The molecule has 0 aromatic heterocycles. The molecule has 2 aliphatic heterocycles. The van der Waals surface area contributed by atoms with E-state index in [0.29, 0.717) is 12.2 Å². The zero-order valence-corrected chi connectivity index (χ0v) is 43.1. The summed E-state index contributed by atoms with van der Waals surface area (Å²) in [5, 5.41) is 159. The Labute approximate surface area is 436 Å². The number of hydroxylamine groups is 2. The van der Waals surface area contributed by atoms with Gasteiger partial charge in [-0.2, -0.15) is 17.7 Å². The van der Waals surface area contributed by atoms with Gasteiger partial charge >= 0.3 is 11.9 Å². The molecule has 3 amide bonds. The fraction of sp³-hybridized carbons (Fsp3) is 0.884. The third-order valence-corrected chi connectivity index (χ3v) is 12.5. The van der Waals surface area contributed by atoms with Crippen molar-refractivity contribution in [3.8, 4) is 0 Å². The summed E-state index contributed by atoms with van der Waals surface area (Å²) in [6.45, 7) is -1.90. The maximum absolute atomic E-state index is 13.4. The Morgan fingerprint density at radius 1 is 0.760 bits per heavy atom. The molecule has 2 saturated heterocycles. The molecule has 438 valence electrons. The van der Waals surface area contributed by atoms with Crippen LogP contribution in [-0.2, 0) is 62.0 Å². The van der Waals surface area contributed by atoms with Crippen molar-refractivity contribution in [1.82, 2.24) is 21.0 Å². The van der Waals surface area contributed by atoms with Gasteiger partial charge in [-0.15, -0.1) is 0 Å². The second-order valence-corrected chi connectivity index (χ2v) is 18.3. The number of carboxylic acid groups (broad SMARTS) is 2. The second kappa shape index (κ2) is 32.7. The lowest BCUT2D eigenvalue weighted by atomic mass is 9.88. The largest absolute Gasteiger partial charge is 0.477 e. The van der Waals surface area contributed by atoms with Gasteiger partial charge in [0.15, 0.2) is 12.5 Å². The summed E-state index contributed by atoms with van der Waals surface area (Å²) in [6, 6.07) is -3.27. The standard InChI is InChI=1S/C43H78N4O27S/c1-20(52)45-30-24(55)16-43(41(65)66,72-28(30)15-22(18-50)71-42(40(63)64)17-25(56)31(46-21(2)53)37(74-42)32(59)26(57)19-51)73-36(23(54)8-11-48)35(62)39(68-5)70-27(9-12-49)33(60)34(61)38(67-4)47(3)69-13-10-44-29(58)7-6-14-75/h22-28,30-39,48-51,54-57,59-62,75H,6-19H2,1-5H3,(H,44,58)(H,45,52)(H,46,53)(H,63,64)(H,65,66)/t22-,23-,24?,25?,26+,27+,28?,30+,31+,32?,33?,34?,35?,36?,37?,38+,39-,42?,43?/m0/s1. The van der Waals surface area contributed by atoms with Gasteiger partial charge in [-0.05, 0) is 25.0 Å². The molecular formula is C43H78N4O27S. The number of nitrogens with one attached hydrogen (secondary N) is 3. The molecule has 0 radical (unpaired) electrons. The van der Waals surface area contributed by atoms with Crippen LogP contribution in [-0.4, -0.2) is 288 Å². The highest BCUT2D eigenvalue weighted by Gasteiger charge is 2.59. The van der Waals surface area contributed by atoms with Crippen LogP contribution in [0, 0.1) is 0 Å². The molecule has 32 heteroatoms. The molecular weight excluding hydrogens is 1040 g/mol. The van der Waals surface area contributed by atoms with Gasteiger partial charge < -0.3 is 121 Å². The minimum atomic E-state index is -3.20. The predicted molar refractivity (Wildman–Crippen MR) is 251 cm³/mol. The summed E-state index contributed by atoms with van der Waals surface area (Å²) in [5.74, 6) is -11.7. The quantitative estimate of drug-likeness (QED) is 0.0120. The van der Waals surface area contributed by atoms with E-state index in [0.717, 1.165) is 33.1 Å². The Morgan fingerprint density at radius 3 is 1.84 bits per heavy atom. The van der Waals surface area contributed by atoms with E-state index in [9.17, 15) is 95.5 Å². The van der Waals surface area contributed by atoms with Crippen LogP contribution in [0.2, 0.25) is 0 Å². The molecule has 17 N–H and O–H groups in total. The van der Waals surface area contributed by atoms with Crippen molar-refractivity contribution in [3.63, 3.8) is 0 Å². The van der Waals surface area contributed by atoms with Gasteiger partial charge in [0.1, 0.15) is 42.7 Å². The van der Waals surface area contributed by atoms with Crippen LogP contribution in [0.25, 0.3) is 0 Å². The molecule has 2 aliphatic rings. The van der Waals surface area contributed by atoms with Crippen molar-refractivity contribution in [2.45, 2.75) is 174 Å². The number of hydrogen-bond donors (Lipinski definition) is 18.